The van der Waals surface area contributed by atoms with Crippen LogP contribution in [0.1, 0.15) is 23.8 Å². The topological polar surface area (TPSA) is 65.2 Å². The predicted octanol–water partition coefficient (Wildman–Crippen LogP) is 2.83. The Morgan fingerprint density at radius 1 is 1.36 bits per heavy atom. The lowest BCUT2D eigenvalue weighted by molar-refractivity contribution is -0.119. The second kappa shape index (κ2) is 5.82. The van der Waals surface area contributed by atoms with Gasteiger partial charge in [0.05, 0.1) is 10.0 Å². The number of carbonyl (C=O) groups excluding carboxylic acids is 2. The molecule has 1 aromatic heterocycles. The highest BCUT2D eigenvalue weighted by Gasteiger charge is 2.28. The summed E-state index contributed by atoms with van der Waals surface area (Å²) in [6.45, 7) is 2.61. The summed E-state index contributed by atoms with van der Waals surface area (Å²) in [5, 5.41) is 4.47. The molecule has 2 amide bonds. The third-order valence-corrected chi connectivity index (χ3v) is 4.62. The molecule has 7 heteroatoms. The fraction of sp³-hybridized carbons (Fsp3) is 0.333. The number of carbonyl (C=O) groups is 2. The van der Waals surface area contributed by atoms with E-state index in [1.807, 2.05) is 0 Å². The van der Waals surface area contributed by atoms with E-state index in [-0.39, 0.29) is 17.9 Å². The van der Waals surface area contributed by atoms with E-state index in [0.29, 0.717) is 28.8 Å². The Kier molecular flexibility index (Phi) is 4.02. The van der Waals surface area contributed by atoms with Crippen molar-refractivity contribution >= 4 is 45.9 Å². The molecule has 3 rings (SSSR count). The molecule has 2 aromatic rings. The summed E-state index contributed by atoms with van der Waals surface area (Å²) >= 11 is 12.1. The van der Waals surface area contributed by atoms with E-state index in [0.717, 1.165) is 17.3 Å². The van der Waals surface area contributed by atoms with Gasteiger partial charge in [0.25, 0.3) is 5.91 Å². The molecule has 1 fully saturated rings. The summed E-state index contributed by atoms with van der Waals surface area (Å²) in [6, 6.07) is 5.23. The van der Waals surface area contributed by atoms with E-state index in [1.54, 1.807) is 23.1 Å². The number of rotatable bonds is 2. The standard InChI is InChI=1S/C15H15Cl2N3O2/c1-8(21)18-9-4-5-20(7-9)15(22)13-6-10-12(19-13)3-2-11(16)14(10)17/h2-3,6,9,19H,4-5,7H2,1H3,(H,18,21)/t9-/m0/s1. The van der Waals surface area contributed by atoms with E-state index in [4.69, 9.17) is 23.2 Å². The van der Waals surface area contributed by atoms with Crippen LogP contribution in [0.3, 0.4) is 0 Å². The van der Waals surface area contributed by atoms with Crippen molar-refractivity contribution in [3.8, 4) is 0 Å². The van der Waals surface area contributed by atoms with Crippen LogP contribution in [0.5, 0.6) is 0 Å². The van der Waals surface area contributed by atoms with Crippen LogP contribution in [0, 0.1) is 0 Å². The monoisotopic (exact) mass is 339 g/mol. The second-order valence-corrected chi connectivity index (χ2v) is 6.23. The molecule has 2 N–H and O–H groups in total. The zero-order chi connectivity index (χ0) is 15.9. The number of fused-ring (bicyclic) bond motifs is 1. The van der Waals surface area contributed by atoms with Crippen LogP contribution in [0.25, 0.3) is 10.9 Å². The lowest BCUT2D eigenvalue weighted by Crippen LogP contribution is -2.37. The van der Waals surface area contributed by atoms with Gasteiger partial charge in [-0.1, -0.05) is 23.2 Å². The Morgan fingerprint density at radius 2 is 2.14 bits per heavy atom. The Balaban J connectivity index is 1.81. The van der Waals surface area contributed by atoms with E-state index in [2.05, 4.69) is 10.3 Å². The van der Waals surface area contributed by atoms with Crippen molar-refractivity contribution in [3.63, 3.8) is 0 Å². The maximum atomic E-state index is 12.6. The van der Waals surface area contributed by atoms with Crippen LogP contribution in [0.2, 0.25) is 10.0 Å². The first-order chi connectivity index (χ1) is 10.5. The minimum Gasteiger partial charge on any atom is -0.352 e. The van der Waals surface area contributed by atoms with Gasteiger partial charge in [-0.15, -0.1) is 0 Å². The number of nitrogens with zero attached hydrogens (tertiary/aromatic N) is 1. The number of aromatic nitrogens is 1. The second-order valence-electron chi connectivity index (χ2n) is 5.44. The molecule has 5 nitrogen and oxygen atoms in total. The third-order valence-electron chi connectivity index (χ3n) is 3.80. The lowest BCUT2D eigenvalue weighted by Gasteiger charge is -2.15. The Labute approximate surface area is 137 Å². The molecule has 1 aliphatic rings. The van der Waals surface area contributed by atoms with Gasteiger partial charge in [-0.25, -0.2) is 0 Å². The highest BCUT2D eigenvalue weighted by atomic mass is 35.5. The Hall–Kier alpha value is -1.72. The number of nitrogens with one attached hydrogen (secondary N) is 2. The van der Waals surface area contributed by atoms with Crippen LogP contribution in [-0.2, 0) is 4.79 Å². The molecule has 2 heterocycles. The largest absolute Gasteiger partial charge is 0.352 e. The van der Waals surface area contributed by atoms with Crippen LogP contribution < -0.4 is 5.32 Å². The molecule has 0 unspecified atom stereocenters. The number of halogens is 2. The van der Waals surface area contributed by atoms with E-state index in [1.165, 1.54) is 6.92 Å². The van der Waals surface area contributed by atoms with E-state index >= 15 is 0 Å². The minimum atomic E-state index is -0.101. The third kappa shape index (κ3) is 2.78. The number of likely N-dealkylation sites (tertiary alicyclic amines) is 1. The number of benzene rings is 1. The molecule has 1 aromatic carbocycles. The number of hydrogen-bond acceptors (Lipinski definition) is 2. The van der Waals surface area contributed by atoms with Gasteiger partial charge in [0.1, 0.15) is 5.69 Å². The van der Waals surface area contributed by atoms with E-state index < -0.39 is 0 Å². The van der Waals surface area contributed by atoms with Gasteiger partial charge in [-0.2, -0.15) is 0 Å². The highest BCUT2D eigenvalue weighted by Crippen LogP contribution is 2.31. The van der Waals surface area contributed by atoms with Crippen molar-refractivity contribution in [1.29, 1.82) is 0 Å². The smallest absolute Gasteiger partial charge is 0.270 e. The number of amides is 2. The average Bonchev–Trinajstić information content (AvgIpc) is 3.08. The van der Waals surface area contributed by atoms with Gasteiger partial charge in [0.15, 0.2) is 0 Å². The SMILES string of the molecule is CC(=O)N[C@H]1CCN(C(=O)c2cc3c(Cl)c(Cl)ccc3[nH]2)C1. The fourth-order valence-electron chi connectivity index (χ4n) is 2.78. The van der Waals surface area contributed by atoms with Gasteiger partial charge >= 0.3 is 0 Å². The van der Waals surface area contributed by atoms with Gasteiger partial charge in [-0.05, 0) is 24.6 Å². The van der Waals surface area contributed by atoms with Gasteiger partial charge < -0.3 is 15.2 Å². The summed E-state index contributed by atoms with van der Waals surface area (Å²) in [5.41, 5.74) is 1.25. The Morgan fingerprint density at radius 3 is 2.86 bits per heavy atom. The van der Waals surface area contributed by atoms with Gasteiger partial charge in [0.2, 0.25) is 5.91 Å². The maximum absolute atomic E-state index is 12.6. The first-order valence-electron chi connectivity index (χ1n) is 6.99. The molecule has 0 aliphatic carbocycles. The van der Waals surface area contributed by atoms with Crippen LogP contribution in [0.4, 0.5) is 0 Å². The van der Waals surface area contributed by atoms with Crippen molar-refractivity contribution in [2.24, 2.45) is 0 Å². The molecule has 0 spiro atoms. The first-order valence-corrected chi connectivity index (χ1v) is 7.74. The van der Waals surface area contributed by atoms with Crippen molar-refractivity contribution in [2.45, 2.75) is 19.4 Å². The molecular weight excluding hydrogens is 325 g/mol. The fourth-order valence-corrected chi connectivity index (χ4v) is 3.16. The molecule has 1 saturated heterocycles. The summed E-state index contributed by atoms with van der Waals surface area (Å²) in [4.78, 5) is 28.4. The maximum Gasteiger partial charge on any atom is 0.270 e. The molecule has 0 radical (unpaired) electrons. The van der Waals surface area contributed by atoms with Gasteiger partial charge in [0, 0.05) is 37.0 Å². The quantitative estimate of drug-likeness (QED) is 0.883. The molecule has 0 bridgehead atoms. The highest BCUT2D eigenvalue weighted by molar-refractivity contribution is 6.45. The summed E-state index contributed by atoms with van der Waals surface area (Å²) in [7, 11) is 0. The van der Waals surface area contributed by atoms with Crippen molar-refractivity contribution in [2.75, 3.05) is 13.1 Å². The lowest BCUT2D eigenvalue weighted by atomic mass is 10.2. The van der Waals surface area contributed by atoms with Crippen LogP contribution in [0.15, 0.2) is 18.2 Å². The normalized spacial score (nSPS) is 18.0. The minimum absolute atomic E-state index is 0.0175. The predicted molar refractivity (Wildman–Crippen MR) is 86.4 cm³/mol. The summed E-state index contributed by atoms with van der Waals surface area (Å²) < 4.78 is 0. The summed E-state index contributed by atoms with van der Waals surface area (Å²) in [5.74, 6) is -0.178. The zero-order valence-electron chi connectivity index (χ0n) is 12.0. The molecule has 116 valence electrons. The molecular formula is C15H15Cl2N3O2. The zero-order valence-corrected chi connectivity index (χ0v) is 13.5. The Bertz CT molecular complexity index is 757. The molecule has 0 saturated carbocycles. The van der Waals surface area contributed by atoms with Crippen LogP contribution >= 0.6 is 23.2 Å². The van der Waals surface area contributed by atoms with Crippen molar-refractivity contribution in [3.05, 3.63) is 33.9 Å². The molecule has 1 atom stereocenters. The number of hydrogen-bond donors (Lipinski definition) is 2. The van der Waals surface area contributed by atoms with Gasteiger partial charge in [-0.3, -0.25) is 9.59 Å². The molecule has 1 aliphatic heterocycles. The molecule has 22 heavy (non-hydrogen) atoms. The van der Waals surface area contributed by atoms with Crippen molar-refractivity contribution < 1.29 is 9.59 Å². The average molecular weight is 340 g/mol. The first kappa shape index (κ1) is 15.2. The summed E-state index contributed by atoms with van der Waals surface area (Å²) in [6.07, 6.45) is 0.762. The van der Waals surface area contributed by atoms with Crippen molar-refractivity contribution in [1.82, 2.24) is 15.2 Å². The number of H-pyrrole nitrogens is 1. The number of aromatic amines is 1. The van der Waals surface area contributed by atoms with Crippen LogP contribution in [-0.4, -0.2) is 40.8 Å². The van der Waals surface area contributed by atoms with E-state index in [9.17, 15) is 9.59 Å².